The number of alkyl halides is 3. The van der Waals surface area contributed by atoms with E-state index in [0.29, 0.717) is 0 Å². The van der Waals surface area contributed by atoms with Crippen molar-refractivity contribution in [2.75, 3.05) is 20.2 Å². The van der Waals surface area contributed by atoms with E-state index < -0.39 is 18.9 Å². The summed E-state index contributed by atoms with van der Waals surface area (Å²) in [6.45, 7) is -1.68. The fourth-order valence-electron chi connectivity index (χ4n) is 0.455. The summed E-state index contributed by atoms with van der Waals surface area (Å²) < 4.78 is 38.5. The molecule has 0 aliphatic rings. The molecule has 0 aliphatic heterocycles. The van der Waals surface area contributed by atoms with Crippen LogP contribution >= 0.6 is 0 Å². The van der Waals surface area contributed by atoms with Crippen LogP contribution in [0.1, 0.15) is 0 Å². The van der Waals surface area contributed by atoms with Crippen LogP contribution < -0.4 is 0 Å². The molecule has 0 N–H and O–H groups in total. The van der Waals surface area contributed by atoms with E-state index >= 15 is 0 Å². The highest BCUT2D eigenvalue weighted by Crippen LogP contribution is 2.14. The largest absolute Gasteiger partial charge is 0.440 e. The molecule has 0 aromatic carbocycles. The van der Waals surface area contributed by atoms with Crippen molar-refractivity contribution in [3.63, 3.8) is 0 Å². The Hall–Kier alpha value is -1.38. The second kappa shape index (κ2) is 4.60. The van der Waals surface area contributed by atoms with Crippen molar-refractivity contribution in [1.82, 2.24) is 4.90 Å². The lowest BCUT2D eigenvalue weighted by molar-refractivity contribution is -0.162. The highest BCUT2D eigenvalue weighted by molar-refractivity contribution is 5.67. The van der Waals surface area contributed by atoms with E-state index in [2.05, 4.69) is 10.7 Å². The number of ether oxygens (including phenoxy) is 1. The van der Waals surface area contributed by atoms with Crippen molar-refractivity contribution in [2.24, 2.45) is 0 Å². The van der Waals surface area contributed by atoms with Crippen LogP contribution in [0.25, 0.3) is 0 Å². The molecule has 0 spiro atoms. The van der Waals surface area contributed by atoms with Gasteiger partial charge in [0.05, 0.1) is 6.54 Å². The Kier molecular flexibility index (Phi) is 4.11. The summed E-state index contributed by atoms with van der Waals surface area (Å²) in [6.07, 6.45) is -0.767. The van der Waals surface area contributed by atoms with Crippen molar-refractivity contribution < 1.29 is 22.7 Å². The molecular formula is C7H8F3NO2. The van der Waals surface area contributed by atoms with E-state index in [1.54, 1.807) is 0 Å². The molecule has 74 valence electrons. The highest BCUT2D eigenvalue weighted by Gasteiger charge is 2.30. The first-order valence-corrected chi connectivity index (χ1v) is 3.25. The van der Waals surface area contributed by atoms with Crippen LogP contribution in [0, 0.1) is 12.3 Å². The predicted octanol–water partition coefficient (Wildman–Crippen LogP) is 1.25. The van der Waals surface area contributed by atoms with E-state index in [4.69, 9.17) is 6.42 Å². The number of hydrogen-bond donors (Lipinski definition) is 0. The van der Waals surface area contributed by atoms with Crippen LogP contribution in [0.2, 0.25) is 0 Å². The van der Waals surface area contributed by atoms with Crippen LogP contribution in [-0.2, 0) is 4.74 Å². The molecule has 0 aliphatic carbocycles. The minimum absolute atomic E-state index is 0.0866. The maximum absolute atomic E-state index is 11.5. The van der Waals surface area contributed by atoms with Crippen molar-refractivity contribution in [2.45, 2.75) is 6.18 Å². The lowest BCUT2D eigenvalue weighted by atomic mass is 10.6. The van der Waals surface area contributed by atoms with Gasteiger partial charge in [-0.3, -0.25) is 0 Å². The van der Waals surface area contributed by atoms with Gasteiger partial charge in [-0.25, -0.2) is 4.79 Å². The van der Waals surface area contributed by atoms with Crippen LogP contribution in [-0.4, -0.2) is 37.4 Å². The molecule has 0 aromatic rings. The quantitative estimate of drug-likeness (QED) is 0.620. The fraction of sp³-hybridized carbons (Fsp3) is 0.571. The molecule has 13 heavy (non-hydrogen) atoms. The third-order valence-corrected chi connectivity index (χ3v) is 0.999. The van der Waals surface area contributed by atoms with Crippen LogP contribution in [0.4, 0.5) is 18.0 Å². The molecule has 0 saturated carbocycles. The Bertz CT molecular complexity index is 219. The zero-order chi connectivity index (χ0) is 10.5. The minimum Gasteiger partial charge on any atom is -0.440 e. The van der Waals surface area contributed by atoms with Gasteiger partial charge in [0, 0.05) is 7.05 Å². The average molecular weight is 195 g/mol. The van der Waals surface area contributed by atoms with Crippen LogP contribution in [0.15, 0.2) is 0 Å². The van der Waals surface area contributed by atoms with Gasteiger partial charge in [0.2, 0.25) is 0 Å². The Balaban J connectivity index is 3.83. The Morgan fingerprint density at radius 2 is 2.15 bits per heavy atom. The van der Waals surface area contributed by atoms with Crippen molar-refractivity contribution >= 4 is 6.09 Å². The standard InChI is InChI=1S/C7H8F3NO2/c1-3-4-11(2)6(12)13-5-7(8,9)10/h1H,4-5H2,2H3. The molecule has 0 saturated heterocycles. The van der Waals surface area contributed by atoms with Crippen molar-refractivity contribution in [3.05, 3.63) is 0 Å². The van der Waals surface area contributed by atoms with Crippen LogP contribution in [0.5, 0.6) is 0 Å². The molecule has 0 aromatic heterocycles. The van der Waals surface area contributed by atoms with Gasteiger partial charge in [0.1, 0.15) is 0 Å². The van der Waals surface area contributed by atoms with Crippen molar-refractivity contribution in [1.29, 1.82) is 0 Å². The molecule has 6 heteroatoms. The van der Waals surface area contributed by atoms with Gasteiger partial charge < -0.3 is 9.64 Å². The average Bonchev–Trinajstić information content (AvgIpc) is 1.99. The van der Waals surface area contributed by atoms with Gasteiger partial charge in [0.15, 0.2) is 6.61 Å². The first-order valence-electron chi connectivity index (χ1n) is 3.25. The lowest BCUT2D eigenvalue weighted by Crippen LogP contribution is -2.31. The summed E-state index contributed by atoms with van der Waals surface area (Å²) in [7, 11) is 1.25. The maximum atomic E-state index is 11.5. The van der Waals surface area contributed by atoms with Gasteiger partial charge in [0.25, 0.3) is 0 Å². The fourth-order valence-corrected chi connectivity index (χ4v) is 0.455. The number of hydrogen-bond acceptors (Lipinski definition) is 2. The number of nitrogens with zero attached hydrogens (tertiary/aromatic N) is 1. The summed E-state index contributed by atoms with van der Waals surface area (Å²) in [5, 5.41) is 0. The molecule has 0 rings (SSSR count). The minimum atomic E-state index is -4.51. The molecule has 0 unspecified atom stereocenters. The zero-order valence-corrected chi connectivity index (χ0v) is 6.89. The number of rotatable bonds is 2. The summed E-state index contributed by atoms with van der Waals surface area (Å²) in [4.78, 5) is 11.6. The molecule has 0 fully saturated rings. The molecule has 0 heterocycles. The first-order chi connectivity index (χ1) is 5.87. The van der Waals surface area contributed by atoms with Gasteiger partial charge in [-0.2, -0.15) is 13.2 Å². The zero-order valence-electron chi connectivity index (χ0n) is 6.89. The number of carbonyl (C=O) groups excluding carboxylic acids is 1. The maximum Gasteiger partial charge on any atom is 0.422 e. The lowest BCUT2D eigenvalue weighted by Gasteiger charge is -2.14. The molecule has 0 radical (unpaired) electrons. The topological polar surface area (TPSA) is 29.5 Å². The van der Waals surface area contributed by atoms with E-state index in [1.807, 2.05) is 0 Å². The normalized spacial score (nSPS) is 10.4. The van der Waals surface area contributed by atoms with Gasteiger partial charge in [-0.15, -0.1) is 6.42 Å². The third-order valence-electron chi connectivity index (χ3n) is 0.999. The number of halogens is 3. The van der Waals surface area contributed by atoms with E-state index in [-0.39, 0.29) is 6.54 Å². The summed E-state index contributed by atoms with van der Waals surface area (Å²) in [5.74, 6) is 2.09. The third kappa shape index (κ3) is 5.84. The SMILES string of the molecule is C#CCN(C)C(=O)OCC(F)(F)F. The Morgan fingerprint density at radius 1 is 1.62 bits per heavy atom. The summed E-state index contributed by atoms with van der Waals surface area (Å²) in [5.41, 5.74) is 0. The molecule has 1 amide bonds. The molecule has 0 atom stereocenters. The van der Waals surface area contributed by atoms with Gasteiger partial charge >= 0.3 is 12.3 Å². The number of amides is 1. The second-order valence-corrected chi connectivity index (χ2v) is 2.23. The van der Waals surface area contributed by atoms with Crippen molar-refractivity contribution in [3.8, 4) is 12.3 Å². The summed E-state index contributed by atoms with van der Waals surface area (Å²) in [6, 6.07) is 0. The number of carbonyl (C=O) groups is 1. The summed E-state index contributed by atoms with van der Waals surface area (Å²) >= 11 is 0. The van der Waals surface area contributed by atoms with E-state index in [9.17, 15) is 18.0 Å². The molecular weight excluding hydrogens is 187 g/mol. The number of terminal acetylenes is 1. The second-order valence-electron chi connectivity index (χ2n) is 2.23. The monoisotopic (exact) mass is 195 g/mol. The van der Waals surface area contributed by atoms with E-state index in [1.165, 1.54) is 7.05 Å². The smallest absolute Gasteiger partial charge is 0.422 e. The van der Waals surface area contributed by atoms with Gasteiger partial charge in [-0.1, -0.05) is 5.92 Å². The Morgan fingerprint density at radius 3 is 2.54 bits per heavy atom. The first kappa shape index (κ1) is 11.6. The predicted molar refractivity (Wildman–Crippen MR) is 38.9 cm³/mol. The molecule has 3 nitrogen and oxygen atoms in total. The van der Waals surface area contributed by atoms with Crippen LogP contribution in [0.3, 0.4) is 0 Å². The molecule has 0 bridgehead atoms. The van der Waals surface area contributed by atoms with E-state index in [0.717, 1.165) is 4.90 Å². The Labute approximate surface area is 73.5 Å². The highest BCUT2D eigenvalue weighted by atomic mass is 19.4. The van der Waals surface area contributed by atoms with Gasteiger partial charge in [-0.05, 0) is 0 Å².